The van der Waals surface area contributed by atoms with Gasteiger partial charge in [-0.1, -0.05) is 42.5 Å². The topological polar surface area (TPSA) is 50.9 Å². The first-order valence-electron chi connectivity index (χ1n) is 7.22. The van der Waals surface area contributed by atoms with Crippen LogP contribution in [0.1, 0.15) is 28.6 Å². The van der Waals surface area contributed by atoms with E-state index in [1.165, 1.54) is 18.5 Å². The smallest absolute Gasteiger partial charge is 0.380 e. The van der Waals surface area contributed by atoms with Gasteiger partial charge in [-0.15, -0.1) is 10.2 Å². The average Bonchev–Trinajstić information content (AvgIpc) is 3.03. The summed E-state index contributed by atoms with van der Waals surface area (Å²) in [6.07, 6.45) is -3.87. The molecule has 1 atom stereocenters. The van der Waals surface area contributed by atoms with Crippen LogP contribution in [0.5, 0.6) is 0 Å². The van der Waals surface area contributed by atoms with Crippen molar-refractivity contribution in [1.29, 1.82) is 0 Å². The molecule has 1 heterocycles. The zero-order chi connectivity index (χ0) is 17.2. The second-order valence-electron chi connectivity index (χ2n) is 5.32. The van der Waals surface area contributed by atoms with E-state index in [0.29, 0.717) is 17.0 Å². The molecule has 0 aliphatic carbocycles. The fourth-order valence-corrected chi connectivity index (χ4v) is 2.38. The standard InChI is InChI=1S/C17H14F3N3O/c18-17(19,20)14-8-6-12(7-9-14)10-23-11-21-22-16(23)15(24)13-4-2-1-3-5-13/h1-9,11,15,24H,10H2/t15-/m0/s1. The lowest BCUT2D eigenvalue weighted by Crippen LogP contribution is -2.11. The number of aromatic nitrogens is 3. The summed E-state index contributed by atoms with van der Waals surface area (Å²) in [5.74, 6) is 0.334. The van der Waals surface area contributed by atoms with Gasteiger partial charge in [0.1, 0.15) is 12.4 Å². The van der Waals surface area contributed by atoms with Crippen LogP contribution in [-0.2, 0) is 12.7 Å². The van der Waals surface area contributed by atoms with Crippen LogP contribution in [0.3, 0.4) is 0 Å². The fourth-order valence-electron chi connectivity index (χ4n) is 2.38. The van der Waals surface area contributed by atoms with E-state index in [1.54, 1.807) is 28.8 Å². The third kappa shape index (κ3) is 3.46. The van der Waals surface area contributed by atoms with Gasteiger partial charge in [0.2, 0.25) is 0 Å². The second kappa shape index (κ2) is 6.45. The Labute approximate surface area is 136 Å². The largest absolute Gasteiger partial charge is 0.416 e. The van der Waals surface area contributed by atoms with Crippen LogP contribution in [0.25, 0.3) is 0 Å². The Morgan fingerprint density at radius 1 is 1.00 bits per heavy atom. The quantitative estimate of drug-likeness (QED) is 0.796. The van der Waals surface area contributed by atoms with Crippen LogP contribution in [0.2, 0.25) is 0 Å². The number of halogens is 3. The van der Waals surface area contributed by atoms with Crippen LogP contribution in [0.15, 0.2) is 60.9 Å². The molecule has 0 saturated heterocycles. The number of benzene rings is 2. The zero-order valence-corrected chi connectivity index (χ0v) is 12.5. The summed E-state index contributed by atoms with van der Waals surface area (Å²) >= 11 is 0. The molecular weight excluding hydrogens is 319 g/mol. The Hall–Kier alpha value is -2.67. The summed E-state index contributed by atoms with van der Waals surface area (Å²) in [4.78, 5) is 0. The molecule has 0 spiro atoms. The molecule has 0 bridgehead atoms. The molecule has 0 aliphatic heterocycles. The van der Waals surface area contributed by atoms with E-state index in [4.69, 9.17) is 0 Å². The molecule has 0 amide bonds. The predicted octanol–water partition coefficient (Wildman–Crippen LogP) is 3.43. The minimum absolute atomic E-state index is 0.268. The molecule has 0 saturated carbocycles. The maximum absolute atomic E-state index is 12.6. The molecule has 1 N–H and O–H groups in total. The molecule has 7 heteroatoms. The number of nitrogens with zero attached hydrogens (tertiary/aromatic N) is 3. The first-order valence-corrected chi connectivity index (χ1v) is 7.22. The van der Waals surface area contributed by atoms with Crippen molar-refractivity contribution < 1.29 is 18.3 Å². The summed E-state index contributed by atoms with van der Waals surface area (Å²) < 4.78 is 39.4. The lowest BCUT2D eigenvalue weighted by Gasteiger charge is -2.13. The van der Waals surface area contributed by atoms with E-state index in [0.717, 1.165) is 12.1 Å². The molecule has 3 aromatic rings. The molecule has 3 rings (SSSR count). The highest BCUT2D eigenvalue weighted by Gasteiger charge is 2.30. The van der Waals surface area contributed by atoms with Gasteiger partial charge in [0.15, 0.2) is 5.82 Å². The number of rotatable bonds is 4. The first kappa shape index (κ1) is 16.2. The number of aliphatic hydroxyl groups is 1. The highest BCUT2D eigenvalue weighted by molar-refractivity contribution is 5.26. The van der Waals surface area contributed by atoms with Crippen molar-refractivity contribution in [2.75, 3.05) is 0 Å². The van der Waals surface area contributed by atoms with E-state index >= 15 is 0 Å². The number of alkyl halides is 3. The monoisotopic (exact) mass is 333 g/mol. The Kier molecular flexibility index (Phi) is 4.35. The van der Waals surface area contributed by atoms with Gasteiger partial charge in [0.25, 0.3) is 0 Å². The Bertz CT molecular complexity index is 798. The van der Waals surface area contributed by atoms with Crippen molar-refractivity contribution in [3.63, 3.8) is 0 Å². The highest BCUT2D eigenvalue weighted by atomic mass is 19.4. The Morgan fingerprint density at radius 3 is 2.29 bits per heavy atom. The summed E-state index contributed by atoms with van der Waals surface area (Å²) in [5, 5.41) is 18.1. The normalized spacial score (nSPS) is 13.0. The summed E-state index contributed by atoms with van der Waals surface area (Å²) in [7, 11) is 0. The molecule has 124 valence electrons. The number of aliphatic hydroxyl groups excluding tert-OH is 1. The first-order chi connectivity index (χ1) is 11.4. The minimum atomic E-state index is -4.36. The van der Waals surface area contributed by atoms with Crippen LogP contribution in [0, 0.1) is 0 Å². The molecule has 0 fully saturated rings. The molecular formula is C17H14F3N3O. The fraction of sp³-hybridized carbons (Fsp3) is 0.176. The maximum Gasteiger partial charge on any atom is 0.416 e. The van der Waals surface area contributed by atoms with Crippen LogP contribution in [0.4, 0.5) is 13.2 Å². The van der Waals surface area contributed by atoms with E-state index in [-0.39, 0.29) is 6.54 Å². The number of hydrogen-bond donors (Lipinski definition) is 1. The zero-order valence-electron chi connectivity index (χ0n) is 12.5. The van der Waals surface area contributed by atoms with Gasteiger partial charge >= 0.3 is 6.18 Å². The third-order valence-corrected chi connectivity index (χ3v) is 3.64. The highest BCUT2D eigenvalue weighted by Crippen LogP contribution is 2.29. The molecule has 0 unspecified atom stereocenters. The Morgan fingerprint density at radius 2 is 1.67 bits per heavy atom. The van der Waals surface area contributed by atoms with Gasteiger partial charge in [-0.2, -0.15) is 13.2 Å². The molecule has 2 aromatic carbocycles. The molecule has 1 aromatic heterocycles. The lowest BCUT2D eigenvalue weighted by atomic mass is 10.1. The molecule has 24 heavy (non-hydrogen) atoms. The second-order valence-corrected chi connectivity index (χ2v) is 5.32. The lowest BCUT2D eigenvalue weighted by molar-refractivity contribution is -0.137. The van der Waals surface area contributed by atoms with E-state index in [2.05, 4.69) is 10.2 Å². The number of hydrogen-bond acceptors (Lipinski definition) is 3. The van der Waals surface area contributed by atoms with Crippen LogP contribution < -0.4 is 0 Å². The van der Waals surface area contributed by atoms with Gasteiger partial charge in [-0.3, -0.25) is 0 Å². The van der Waals surface area contributed by atoms with Gasteiger partial charge in [-0.25, -0.2) is 0 Å². The summed E-state index contributed by atoms with van der Waals surface area (Å²) in [6.45, 7) is 0.268. The average molecular weight is 333 g/mol. The van der Waals surface area contributed by atoms with Gasteiger partial charge < -0.3 is 9.67 Å². The summed E-state index contributed by atoms with van der Waals surface area (Å²) in [5.41, 5.74) is 0.628. The van der Waals surface area contributed by atoms with Gasteiger partial charge in [0.05, 0.1) is 12.1 Å². The van der Waals surface area contributed by atoms with Crippen LogP contribution in [-0.4, -0.2) is 19.9 Å². The van der Waals surface area contributed by atoms with Crippen LogP contribution >= 0.6 is 0 Å². The van der Waals surface area contributed by atoms with E-state index in [1.807, 2.05) is 6.07 Å². The van der Waals surface area contributed by atoms with E-state index < -0.39 is 17.8 Å². The minimum Gasteiger partial charge on any atom is -0.380 e. The van der Waals surface area contributed by atoms with Crippen molar-refractivity contribution in [3.8, 4) is 0 Å². The molecule has 4 nitrogen and oxygen atoms in total. The van der Waals surface area contributed by atoms with Gasteiger partial charge in [0, 0.05) is 0 Å². The Balaban J connectivity index is 1.81. The molecule has 0 radical (unpaired) electrons. The van der Waals surface area contributed by atoms with Crippen molar-refractivity contribution in [2.45, 2.75) is 18.8 Å². The molecule has 0 aliphatic rings. The SMILES string of the molecule is O[C@@H](c1ccccc1)c1nncn1Cc1ccc(C(F)(F)F)cc1. The van der Waals surface area contributed by atoms with Crippen molar-refractivity contribution in [3.05, 3.63) is 83.4 Å². The predicted molar refractivity (Wildman–Crippen MR) is 81.1 cm³/mol. The van der Waals surface area contributed by atoms with Crippen molar-refractivity contribution in [2.24, 2.45) is 0 Å². The van der Waals surface area contributed by atoms with Crippen molar-refractivity contribution in [1.82, 2.24) is 14.8 Å². The van der Waals surface area contributed by atoms with Gasteiger partial charge in [-0.05, 0) is 23.3 Å². The van der Waals surface area contributed by atoms with Crippen molar-refractivity contribution >= 4 is 0 Å². The maximum atomic E-state index is 12.6. The third-order valence-electron chi connectivity index (χ3n) is 3.64. The van der Waals surface area contributed by atoms with E-state index in [9.17, 15) is 18.3 Å². The summed E-state index contributed by atoms with van der Waals surface area (Å²) in [6, 6.07) is 13.8.